The molecule has 24 heavy (non-hydrogen) atoms. The lowest BCUT2D eigenvalue weighted by Crippen LogP contribution is -2.37. The Morgan fingerprint density at radius 1 is 1.17 bits per heavy atom. The highest BCUT2D eigenvalue weighted by Gasteiger charge is 2.01. The van der Waals surface area contributed by atoms with Crippen LogP contribution in [0.1, 0.15) is 24.0 Å². The number of guanidine groups is 1. The number of nitrogens with zero attached hydrogens (tertiary/aromatic N) is 1. The quantitative estimate of drug-likeness (QED) is 0.248. The van der Waals surface area contributed by atoms with Gasteiger partial charge in [-0.1, -0.05) is 12.1 Å². The third kappa shape index (κ3) is 10.0. The van der Waals surface area contributed by atoms with Gasteiger partial charge in [0.05, 0.1) is 13.2 Å². The molecule has 0 spiro atoms. The molecule has 0 saturated heterocycles. The molecular weight excluding hydrogens is 424 g/mol. The minimum absolute atomic E-state index is 0. The zero-order chi connectivity index (χ0) is 16.9. The summed E-state index contributed by atoms with van der Waals surface area (Å²) in [5, 5.41) is 6.47. The molecule has 0 aromatic heterocycles. The van der Waals surface area contributed by atoms with Crippen LogP contribution in [0.2, 0.25) is 0 Å². The van der Waals surface area contributed by atoms with Gasteiger partial charge in [0, 0.05) is 33.9 Å². The second kappa shape index (κ2) is 14.4. The molecular formula is C17H29FIN3O2. The first kappa shape index (κ1) is 23.1. The molecule has 0 bridgehead atoms. The highest BCUT2D eigenvalue weighted by atomic mass is 127. The number of hydrogen-bond acceptors (Lipinski definition) is 3. The van der Waals surface area contributed by atoms with Crippen molar-refractivity contribution < 1.29 is 13.9 Å². The van der Waals surface area contributed by atoms with E-state index >= 15 is 0 Å². The third-order valence-electron chi connectivity index (χ3n) is 3.35. The molecule has 0 aliphatic rings. The Labute approximate surface area is 161 Å². The predicted molar refractivity (Wildman–Crippen MR) is 107 cm³/mol. The average Bonchev–Trinajstić information content (AvgIpc) is 2.56. The van der Waals surface area contributed by atoms with Crippen molar-refractivity contribution in [3.63, 3.8) is 0 Å². The fourth-order valence-corrected chi connectivity index (χ4v) is 2.00. The first-order valence-electron chi connectivity index (χ1n) is 7.93. The Balaban J connectivity index is 0.00000529. The Morgan fingerprint density at radius 3 is 2.62 bits per heavy atom. The van der Waals surface area contributed by atoms with Gasteiger partial charge in [-0.3, -0.25) is 4.99 Å². The molecule has 0 radical (unpaired) electrons. The molecule has 7 heteroatoms. The van der Waals surface area contributed by atoms with E-state index in [2.05, 4.69) is 15.6 Å². The van der Waals surface area contributed by atoms with Gasteiger partial charge < -0.3 is 20.1 Å². The number of benzene rings is 1. The van der Waals surface area contributed by atoms with Gasteiger partial charge in [-0.15, -0.1) is 24.0 Å². The molecule has 0 amide bonds. The molecule has 0 aliphatic carbocycles. The molecule has 0 fully saturated rings. The summed E-state index contributed by atoms with van der Waals surface area (Å²) in [5.41, 5.74) is 1.68. The van der Waals surface area contributed by atoms with Crippen LogP contribution in [0.25, 0.3) is 0 Å². The van der Waals surface area contributed by atoms with Crippen molar-refractivity contribution in [3.05, 3.63) is 35.1 Å². The van der Waals surface area contributed by atoms with Gasteiger partial charge in [0.25, 0.3) is 0 Å². The minimum atomic E-state index is -0.177. The van der Waals surface area contributed by atoms with Crippen molar-refractivity contribution in [1.29, 1.82) is 0 Å². The second-order valence-corrected chi connectivity index (χ2v) is 5.25. The zero-order valence-electron chi connectivity index (χ0n) is 14.7. The Morgan fingerprint density at radius 2 is 1.96 bits per heavy atom. The van der Waals surface area contributed by atoms with Crippen LogP contribution in [0.4, 0.5) is 4.39 Å². The fourth-order valence-electron chi connectivity index (χ4n) is 2.00. The normalized spacial score (nSPS) is 11.1. The molecule has 0 heterocycles. The monoisotopic (exact) mass is 453 g/mol. The summed E-state index contributed by atoms with van der Waals surface area (Å²) in [6, 6.07) is 5.11. The molecule has 1 aromatic rings. The van der Waals surface area contributed by atoms with Gasteiger partial charge >= 0.3 is 0 Å². The van der Waals surface area contributed by atoms with E-state index in [1.54, 1.807) is 27.1 Å². The number of halogens is 2. The van der Waals surface area contributed by atoms with E-state index in [1.807, 2.05) is 6.07 Å². The van der Waals surface area contributed by atoms with Crippen LogP contribution >= 0.6 is 24.0 Å². The van der Waals surface area contributed by atoms with Crippen molar-refractivity contribution in [3.8, 4) is 0 Å². The summed E-state index contributed by atoms with van der Waals surface area (Å²) in [5.74, 6) is 0.566. The van der Waals surface area contributed by atoms with Gasteiger partial charge in [-0.05, 0) is 37.0 Å². The third-order valence-corrected chi connectivity index (χ3v) is 3.35. The lowest BCUT2D eigenvalue weighted by atomic mass is 10.1. The van der Waals surface area contributed by atoms with Crippen molar-refractivity contribution in [2.45, 2.75) is 26.3 Å². The summed E-state index contributed by atoms with van der Waals surface area (Å²) in [7, 11) is 3.40. The lowest BCUT2D eigenvalue weighted by Gasteiger charge is -2.12. The van der Waals surface area contributed by atoms with Crippen molar-refractivity contribution in [2.75, 3.05) is 40.5 Å². The van der Waals surface area contributed by atoms with E-state index in [0.29, 0.717) is 25.3 Å². The van der Waals surface area contributed by atoms with Crippen LogP contribution in [0, 0.1) is 12.7 Å². The number of aliphatic imine (C=N–C) groups is 1. The van der Waals surface area contributed by atoms with Crippen molar-refractivity contribution in [2.24, 2.45) is 4.99 Å². The molecule has 1 rings (SSSR count). The van der Waals surface area contributed by atoms with Crippen LogP contribution in [-0.4, -0.2) is 46.5 Å². The standard InChI is InChI=1S/C17H28FN3O2.HI/c1-14-12-15(6-7-16(14)18)13-21-17(19-2)20-8-4-5-9-23-11-10-22-3;/h6-7,12H,4-5,8-11,13H2,1-3H3,(H2,19,20,21);1H. The Kier molecular flexibility index (Phi) is 13.9. The maximum atomic E-state index is 13.2. The second-order valence-electron chi connectivity index (χ2n) is 5.25. The molecule has 0 saturated carbocycles. The Bertz CT molecular complexity index is 487. The minimum Gasteiger partial charge on any atom is -0.382 e. The number of ether oxygens (including phenoxy) is 2. The average molecular weight is 453 g/mol. The first-order chi connectivity index (χ1) is 11.2. The highest BCUT2D eigenvalue weighted by Crippen LogP contribution is 2.08. The summed E-state index contributed by atoms with van der Waals surface area (Å²) in [6.07, 6.45) is 1.99. The maximum absolute atomic E-state index is 13.2. The van der Waals surface area contributed by atoms with E-state index in [0.717, 1.165) is 37.5 Å². The number of rotatable bonds is 10. The highest BCUT2D eigenvalue weighted by molar-refractivity contribution is 14.0. The smallest absolute Gasteiger partial charge is 0.191 e. The van der Waals surface area contributed by atoms with Gasteiger partial charge in [-0.25, -0.2) is 4.39 Å². The van der Waals surface area contributed by atoms with E-state index in [1.165, 1.54) is 6.07 Å². The lowest BCUT2D eigenvalue weighted by molar-refractivity contribution is 0.0689. The van der Waals surface area contributed by atoms with Crippen molar-refractivity contribution in [1.82, 2.24) is 10.6 Å². The fraction of sp³-hybridized carbons (Fsp3) is 0.588. The SMILES string of the molecule is CN=C(NCCCCOCCOC)NCc1ccc(F)c(C)c1.I. The van der Waals surface area contributed by atoms with Crippen LogP contribution < -0.4 is 10.6 Å². The molecule has 1 aromatic carbocycles. The van der Waals surface area contributed by atoms with E-state index in [9.17, 15) is 4.39 Å². The van der Waals surface area contributed by atoms with E-state index in [4.69, 9.17) is 9.47 Å². The number of methoxy groups -OCH3 is 1. The van der Waals surface area contributed by atoms with Gasteiger partial charge in [0.15, 0.2) is 5.96 Å². The zero-order valence-corrected chi connectivity index (χ0v) is 17.1. The van der Waals surface area contributed by atoms with Gasteiger partial charge in [0.1, 0.15) is 5.82 Å². The van der Waals surface area contributed by atoms with Gasteiger partial charge in [0.2, 0.25) is 0 Å². The first-order valence-corrected chi connectivity index (χ1v) is 7.93. The molecule has 5 nitrogen and oxygen atoms in total. The number of nitrogens with one attached hydrogen (secondary N) is 2. The van der Waals surface area contributed by atoms with Crippen molar-refractivity contribution >= 4 is 29.9 Å². The summed E-state index contributed by atoms with van der Waals surface area (Å²) >= 11 is 0. The van der Waals surface area contributed by atoms with Crippen LogP contribution in [0.15, 0.2) is 23.2 Å². The summed E-state index contributed by atoms with van der Waals surface area (Å²) < 4.78 is 23.5. The van der Waals surface area contributed by atoms with Crippen LogP contribution in [0.5, 0.6) is 0 Å². The van der Waals surface area contributed by atoms with Crippen LogP contribution in [0.3, 0.4) is 0 Å². The molecule has 0 aliphatic heterocycles. The number of unbranched alkanes of at least 4 members (excludes halogenated alkanes) is 1. The molecule has 0 atom stereocenters. The molecule has 0 unspecified atom stereocenters. The topological polar surface area (TPSA) is 54.9 Å². The number of aryl methyl sites for hydroxylation is 1. The van der Waals surface area contributed by atoms with E-state index < -0.39 is 0 Å². The summed E-state index contributed by atoms with van der Waals surface area (Å²) in [4.78, 5) is 4.17. The van der Waals surface area contributed by atoms with E-state index in [-0.39, 0.29) is 29.8 Å². The maximum Gasteiger partial charge on any atom is 0.191 e. The Hall–Kier alpha value is -0.930. The van der Waals surface area contributed by atoms with Crippen LogP contribution in [-0.2, 0) is 16.0 Å². The predicted octanol–water partition coefficient (Wildman–Crippen LogP) is 2.86. The number of hydrogen-bond donors (Lipinski definition) is 2. The molecule has 2 N–H and O–H groups in total. The largest absolute Gasteiger partial charge is 0.382 e. The van der Waals surface area contributed by atoms with Gasteiger partial charge in [-0.2, -0.15) is 0 Å². The molecule has 138 valence electrons. The summed E-state index contributed by atoms with van der Waals surface area (Å²) in [6.45, 7) is 5.23.